The van der Waals surface area contributed by atoms with E-state index in [-0.39, 0.29) is 6.54 Å². The molecular formula is C21H24FN5. The number of anilines is 1. The Balaban J connectivity index is 1.91. The molecule has 2 N–H and O–H groups in total. The number of aryl methyl sites for hydroxylation is 1. The normalized spacial score (nSPS) is 12.4. The Kier molecular flexibility index (Phi) is 5.08. The summed E-state index contributed by atoms with van der Waals surface area (Å²) in [4.78, 5) is 16.5. The largest absolute Gasteiger partial charge is 0.351 e. The van der Waals surface area contributed by atoms with E-state index < -0.39 is 5.67 Å². The zero-order valence-corrected chi connectivity index (χ0v) is 16.1. The molecule has 0 unspecified atom stereocenters. The molecule has 0 fully saturated rings. The molecule has 3 rings (SSSR count). The minimum absolute atomic E-state index is 0.150. The highest BCUT2D eigenvalue weighted by Crippen LogP contribution is 2.31. The van der Waals surface area contributed by atoms with E-state index in [2.05, 4.69) is 37.9 Å². The van der Waals surface area contributed by atoms with Crippen LogP contribution in [0, 0.1) is 6.92 Å². The van der Waals surface area contributed by atoms with Crippen LogP contribution in [0.1, 0.15) is 26.3 Å². The fraction of sp³-hybridized carbons (Fsp3) is 0.286. The van der Waals surface area contributed by atoms with Gasteiger partial charge in [-0.2, -0.15) is 4.98 Å². The number of halogens is 1. The van der Waals surface area contributed by atoms with Crippen LogP contribution in [-0.4, -0.2) is 32.9 Å². The molecule has 0 saturated carbocycles. The molecule has 6 heteroatoms. The predicted octanol–water partition coefficient (Wildman–Crippen LogP) is 5.37. The summed E-state index contributed by atoms with van der Waals surface area (Å²) in [6.45, 7) is 10.9. The lowest BCUT2D eigenvalue weighted by Gasteiger charge is -2.14. The molecule has 0 aliphatic rings. The van der Waals surface area contributed by atoms with Crippen LogP contribution in [0.4, 0.5) is 16.0 Å². The average Bonchev–Trinajstić information content (AvgIpc) is 3.04. The van der Waals surface area contributed by atoms with Crippen LogP contribution in [0.5, 0.6) is 0 Å². The fourth-order valence-electron chi connectivity index (χ4n) is 2.70. The number of nitrogens with one attached hydrogen (secondary N) is 2. The van der Waals surface area contributed by atoms with Gasteiger partial charge in [0.25, 0.3) is 0 Å². The van der Waals surface area contributed by atoms with Gasteiger partial charge in [-0.05, 0) is 57.0 Å². The second-order valence-electron chi connectivity index (χ2n) is 7.19. The third kappa shape index (κ3) is 4.39. The molecule has 1 aromatic carbocycles. The number of nitrogens with zero attached hydrogens (tertiary/aromatic N) is 3. The monoisotopic (exact) mass is 365 g/mol. The number of hydrogen-bond acceptors (Lipinski definition) is 4. The Labute approximate surface area is 158 Å². The van der Waals surface area contributed by atoms with Crippen LogP contribution < -0.4 is 5.32 Å². The summed E-state index contributed by atoms with van der Waals surface area (Å²) < 4.78 is 13.6. The lowest BCUT2D eigenvalue weighted by molar-refractivity contribution is 0.234. The highest BCUT2D eigenvalue weighted by Gasteiger charge is 2.16. The van der Waals surface area contributed by atoms with Crippen molar-refractivity contribution in [2.24, 2.45) is 4.99 Å². The predicted molar refractivity (Wildman–Crippen MR) is 111 cm³/mol. The van der Waals surface area contributed by atoms with Crippen LogP contribution in [0.25, 0.3) is 22.2 Å². The summed E-state index contributed by atoms with van der Waals surface area (Å²) in [7, 11) is 0. The standard InChI is InChI=1S/C21H24FN5/c1-6-14(3)26-18-8-7-15(9-13(18)2)16-10-23-19-17(16)11-24-20(27-19)25-12-21(4,5)22/h6-11H,1,12H2,2-5H3,(H2,23,24,25,27)/b26-14-. The van der Waals surface area contributed by atoms with Crippen molar-refractivity contribution >= 4 is 28.4 Å². The van der Waals surface area contributed by atoms with Crippen LogP contribution >= 0.6 is 0 Å². The topological polar surface area (TPSA) is 66.0 Å². The summed E-state index contributed by atoms with van der Waals surface area (Å²) in [5.41, 5.74) is 4.33. The highest BCUT2D eigenvalue weighted by molar-refractivity contribution is 5.95. The van der Waals surface area contributed by atoms with Gasteiger partial charge in [0.05, 0.1) is 12.2 Å². The molecule has 0 radical (unpaired) electrons. The number of allylic oxidation sites excluding steroid dienone is 1. The Bertz CT molecular complexity index is 1010. The van der Waals surface area contributed by atoms with Gasteiger partial charge in [-0.3, -0.25) is 4.99 Å². The molecule has 27 heavy (non-hydrogen) atoms. The Morgan fingerprint density at radius 3 is 2.85 bits per heavy atom. The third-order valence-corrected chi connectivity index (χ3v) is 4.20. The van der Waals surface area contributed by atoms with E-state index >= 15 is 0 Å². The summed E-state index contributed by atoms with van der Waals surface area (Å²) in [5.74, 6) is 0.405. The molecule has 0 saturated heterocycles. The third-order valence-electron chi connectivity index (χ3n) is 4.20. The van der Waals surface area contributed by atoms with Crippen LogP contribution in [-0.2, 0) is 0 Å². The second-order valence-corrected chi connectivity index (χ2v) is 7.19. The first-order valence-electron chi connectivity index (χ1n) is 8.82. The smallest absolute Gasteiger partial charge is 0.224 e. The highest BCUT2D eigenvalue weighted by atomic mass is 19.1. The second kappa shape index (κ2) is 7.31. The zero-order valence-electron chi connectivity index (χ0n) is 16.1. The average molecular weight is 365 g/mol. The van der Waals surface area contributed by atoms with E-state index in [0.29, 0.717) is 11.6 Å². The maximum absolute atomic E-state index is 13.6. The lowest BCUT2D eigenvalue weighted by atomic mass is 10.0. The summed E-state index contributed by atoms with van der Waals surface area (Å²) in [6.07, 6.45) is 5.40. The number of alkyl halides is 1. The number of aromatic nitrogens is 3. The van der Waals surface area contributed by atoms with E-state index in [9.17, 15) is 4.39 Å². The van der Waals surface area contributed by atoms with E-state index in [1.54, 1.807) is 12.3 Å². The van der Waals surface area contributed by atoms with Crippen LogP contribution in [0.15, 0.2) is 48.2 Å². The van der Waals surface area contributed by atoms with Crippen LogP contribution in [0.2, 0.25) is 0 Å². The summed E-state index contributed by atoms with van der Waals surface area (Å²) >= 11 is 0. The number of rotatable bonds is 6. The zero-order chi connectivity index (χ0) is 19.6. The number of aromatic amines is 1. The molecule has 0 amide bonds. The fourth-order valence-corrected chi connectivity index (χ4v) is 2.70. The van der Waals surface area contributed by atoms with Gasteiger partial charge < -0.3 is 10.3 Å². The maximum atomic E-state index is 13.6. The van der Waals surface area contributed by atoms with Crippen molar-refractivity contribution in [3.63, 3.8) is 0 Å². The van der Waals surface area contributed by atoms with Gasteiger partial charge in [-0.15, -0.1) is 0 Å². The Hall–Kier alpha value is -3.02. The van der Waals surface area contributed by atoms with E-state index in [1.807, 2.05) is 32.2 Å². The summed E-state index contributed by atoms with van der Waals surface area (Å²) in [6, 6.07) is 6.12. The van der Waals surface area contributed by atoms with Crippen LogP contribution in [0.3, 0.4) is 0 Å². The van der Waals surface area contributed by atoms with Gasteiger partial charge >= 0.3 is 0 Å². The number of H-pyrrole nitrogens is 1. The quantitative estimate of drug-likeness (QED) is 0.577. The molecule has 2 aromatic heterocycles. The molecule has 0 aliphatic carbocycles. The van der Waals surface area contributed by atoms with E-state index in [0.717, 1.165) is 33.5 Å². The number of benzene rings is 1. The first-order chi connectivity index (χ1) is 12.8. The Morgan fingerprint density at radius 1 is 1.41 bits per heavy atom. The van der Waals surface area contributed by atoms with Gasteiger partial charge in [0.15, 0.2) is 0 Å². The molecular weight excluding hydrogens is 341 g/mol. The van der Waals surface area contributed by atoms with Gasteiger partial charge in [0.1, 0.15) is 11.3 Å². The van der Waals surface area contributed by atoms with Crippen molar-refractivity contribution in [1.29, 1.82) is 0 Å². The van der Waals surface area contributed by atoms with Gasteiger partial charge in [0.2, 0.25) is 5.95 Å². The molecule has 0 aliphatic heterocycles. The van der Waals surface area contributed by atoms with Gasteiger partial charge in [-0.1, -0.05) is 12.6 Å². The first-order valence-corrected chi connectivity index (χ1v) is 8.82. The minimum Gasteiger partial charge on any atom is -0.351 e. The molecule has 0 spiro atoms. The molecule has 3 aromatic rings. The lowest BCUT2D eigenvalue weighted by Crippen LogP contribution is -2.25. The van der Waals surface area contributed by atoms with Gasteiger partial charge in [0, 0.05) is 29.1 Å². The molecule has 0 atom stereocenters. The number of aliphatic imine (C=N–C) groups is 1. The number of fused-ring (bicyclic) bond motifs is 1. The molecule has 2 heterocycles. The van der Waals surface area contributed by atoms with Crippen molar-refractivity contribution in [1.82, 2.24) is 15.0 Å². The van der Waals surface area contributed by atoms with E-state index in [1.165, 1.54) is 13.8 Å². The van der Waals surface area contributed by atoms with Gasteiger partial charge in [-0.25, -0.2) is 9.37 Å². The maximum Gasteiger partial charge on any atom is 0.224 e. The molecule has 0 bridgehead atoms. The molecule has 5 nitrogen and oxygen atoms in total. The number of hydrogen-bond donors (Lipinski definition) is 2. The van der Waals surface area contributed by atoms with Crippen molar-refractivity contribution in [2.45, 2.75) is 33.4 Å². The van der Waals surface area contributed by atoms with Crippen molar-refractivity contribution < 1.29 is 4.39 Å². The Morgan fingerprint density at radius 2 is 2.19 bits per heavy atom. The minimum atomic E-state index is -1.33. The van der Waals surface area contributed by atoms with Crippen molar-refractivity contribution in [2.75, 3.05) is 11.9 Å². The van der Waals surface area contributed by atoms with Crippen molar-refractivity contribution in [3.8, 4) is 11.1 Å². The first kappa shape index (κ1) is 18.8. The van der Waals surface area contributed by atoms with E-state index in [4.69, 9.17) is 0 Å². The molecule has 140 valence electrons. The SMILES string of the molecule is C=C/C(C)=N\c1ccc(-c2c[nH]c3nc(NCC(C)(C)F)ncc23)cc1C. The van der Waals surface area contributed by atoms with Crippen molar-refractivity contribution in [3.05, 3.63) is 48.8 Å². The summed E-state index contributed by atoms with van der Waals surface area (Å²) in [5, 5.41) is 3.84.